The van der Waals surface area contributed by atoms with E-state index in [9.17, 15) is 14.0 Å². The summed E-state index contributed by atoms with van der Waals surface area (Å²) in [6.07, 6.45) is 5.17. The second kappa shape index (κ2) is 8.69. The Balaban J connectivity index is 1.55. The lowest BCUT2D eigenvalue weighted by Crippen LogP contribution is -2.25. The van der Waals surface area contributed by atoms with Gasteiger partial charge in [0.2, 0.25) is 5.91 Å². The van der Waals surface area contributed by atoms with E-state index in [0.717, 1.165) is 18.4 Å². The third-order valence-corrected chi connectivity index (χ3v) is 4.55. The zero-order chi connectivity index (χ0) is 20.1. The van der Waals surface area contributed by atoms with Crippen LogP contribution < -0.4 is 15.4 Å². The first-order chi connectivity index (χ1) is 13.5. The van der Waals surface area contributed by atoms with E-state index in [2.05, 4.69) is 10.6 Å². The third kappa shape index (κ3) is 5.19. The molecule has 0 radical (unpaired) electrons. The van der Waals surface area contributed by atoms with E-state index in [4.69, 9.17) is 4.74 Å². The Morgan fingerprint density at radius 3 is 2.50 bits per heavy atom. The van der Waals surface area contributed by atoms with Gasteiger partial charge in [0.1, 0.15) is 0 Å². The van der Waals surface area contributed by atoms with Gasteiger partial charge in [-0.2, -0.15) is 0 Å². The highest BCUT2D eigenvalue weighted by molar-refractivity contribution is 5.95. The van der Waals surface area contributed by atoms with Crippen molar-refractivity contribution < 1.29 is 18.7 Å². The lowest BCUT2D eigenvalue weighted by atomic mass is 10.1. The van der Waals surface area contributed by atoms with Crippen molar-refractivity contribution in [2.75, 3.05) is 7.11 Å². The number of methoxy groups -OCH3 is 1. The highest BCUT2D eigenvalue weighted by Crippen LogP contribution is 2.22. The maximum absolute atomic E-state index is 13.8. The fourth-order valence-electron chi connectivity index (χ4n) is 2.71. The summed E-state index contributed by atoms with van der Waals surface area (Å²) in [5, 5.41) is 5.72. The molecule has 1 fully saturated rings. The minimum absolute atomic E-state index is 0.0729. The first-order valence-electron chi connectivity index (χ1n) is 9.19. The molecule has 1 aliphatic carbocycles. The number of carbonyl (C=O) groups is 2. The number of rotatable bonds is 7. The van der Waals surface area contributed by atoms with Crippen molar-refractivity contribution in [3.8, 4) is 5.75 Å². The summed E-state index contributed by atoms with van der Waals surface area (Å²) in [7, 11) is 1.40. The minimum Gasteiger partial charge on any atom is -0.494 e. The molecule has 146 valence electrons. The summed E-state index contributed by atoms with van der Waals surface area (Å²) in [5.41, 5.74) is 2.05. The summed E-state index contributed by atoms with van der Waals surface area (Å²) < 4.78 is 18.7. The number of nitrogens with one attached hydrogen (secondary N) is 2. The highest BCUT2D eigenvalue weighted by Gasteiger charge is 2.23. The standard InChI is InChI=1S/C22H23FN2O3/c1-14(17-8-11-20(28-2)19(23)13-17)24-21(26)12-5-15-3-6-16(7-4-15)22(27)25-18-9-10-18/h3-8,11-14,18H,9-10H2,1-2H3,(H,24,26)(H,25,27). The number of hydrogen-bond acceptors (Lipinski definition) is 3. The van der Waals surface area contributed by atoms with Crippen LogP contribution in [0.15, 0.2) is 48.5 Å². The van der Waals surface area contributed by atoms with Crippen LogP contribution in [-0.4, -0.2) is 25.0 Å². The Morgan fingerprint density at radius 1 is 1.18 bits per heavy atom. The van der Waals surface area contributed by atoms with Gasteiger partial charge in [0.25, 0.3) is 5.91 Å². The molecule has 1 atom stereocenters. The largest absolute Gasteiger partial charge is 0.494 e. The molecule has 1 saturated carbocycles. The van der Waals surface area contributed by atoms with Crippen molar-refractivity contribution >= 4 is 17.9 Å². The zero-order valence-electron chi connectivity index (χ0n) is 15.9. The normalized spacial score (nSPS) is 14.5. The monoisotopic (exact) mass is 382 g/mol. The zero-order valence-corrected chi connectivity index (χ0v) is 15.9. The van der Waals surface area contributed by atoms with Crippen LogP contribution in [0.3, 0.4) is 0 Å². The van der Waals surface area contributed by atoms with Crippen molar-refractivity contribution in [1.82, 2.24) is 10.6 Å². The van der Waals surface area contributed by atoms with Crippen molar-refractivity contribution in [1.29, 1.82) is 0 Å². The maximum atomic E-state index is 13.8. The van der Waals surface area contributed by atoms with Crippen LogP contribution >= 0.6 is 0 Å². The molecule has 2 amide bonds. The van der Waals surface area contributed by atoms with Crippen LogP contribution in [0.1, 0.15) is 47.3 Å². The first-order valence-corrected chi connectivity index (χ1v) is 9.19. The predicted molar refractivity (Wildman–Crippen MR) is 105 cm³/mol. The van der Waals surface area contributed by atoms with Crippen LogP contribution in [0.25, 0.3) is 6.08 Å². The predicted octanol–water partition coefficient (Wildman–Crippen LogP) is 3.62. The average molecular weight is 382 g/mol. The van der Waals surface area contributed by atoms with Gasteiger partial charge in [-0.15, -0.1) is 0 Å². The molecule has 0 aliphatic heterocycles. The number of amides is 2. The van der Waals surface area contributed by atoms with Crippen LogP contribution in [0.4, 0.5) is 4.39 Å². The fourth-order valence-corrected chi connectivity index (χ4v) is 2.71. The molecular weight excluding hydrogens is 359 g/mol. The van der Waals surface area contributed by atoms with Crippen LogP contribution in [-0.2, 0) is 4.79 Å². The summed E-state index contributed by atoms with van der Waals surface area (Å²) in [6, 6.07) is 11.6. The number of benzene rings is 2. The van der Waals surface area contributed by atoms with Crippen molar-refractivity contribution in [2.45, 2.75) is 31.8 Å². The lowest BCUT2D eigenvalue weighted by molar-refractivity contribution is -0.117. The van der Waals surface area contributed by atoms with Gasteiger partial charge < -0.3 is 15.4 Å². The Labute approximate surface area is 163 Å². The minimum atomic E-state index is -0.470. The van der Waals surface area contributed by atoms with E-state index in [1.165, 1.54) is 25.3 Å². The Morgan fingerprint density at radius 2 is 1.89 bits per heavy atom. The molecule has 1 unspecified atom stereocenters. The molecule has 0 saturated heterocycles. The van der Waals surface area contributed by atoms with Crippen LogP contribution in [0.2, 0.25) is 0 Å². The number of hydrogen-bond donors (Lipinski definition) is 2. The van der Waals surface area contributed by atoms with E-state index in [1.54, 1.807) is 43.3 Å². The van der Waals surface area contributed by atoms with Gasteiger partial charge in [0.05, 0.1) is 13.2 Å². The molecule has 6 heteroatoms. The second-order valence-corrected chi connectivity index (χ2v) is 6.83. The third-order valence-electron chi connectivity index (χ3n) is 4.55. The summed E-state index contributed by atoms with van der Waals surface area (Å²) >= 11 is 0. The number of carbonyl (C=O) groups excluding carboxylic acids is 2. The summed E-state index contributed by atoms with van der Waals surface area (Å²) in [6.45, 7) is 1.78. The maximum Gasteiger partial charge on any atom is 0.251 e. The molecule has 2 aromatic rings. The van der Waals surface area contributed by atoms with Crippen molar-refractivity contribution in [3.05, 3.63) is 71.0 Å². The molecule has 0 bridgehead atoms. The summed E-state index contributed by atoms with van der Waals surface area (Å²) in [4.78, 5) is 24.1. The quantitative estimate of drug-likeness (QED) is 0.719. The lowest BCUT2D eigenvalue weighted by Gasteiger charge is -2.14. The SMILES string of the molecule is COc1ccc(C(C)NC(=O)C=Cc2ccc(C(=O)NC3CC3)cc2)cc1F. The molecule has 0 aromatic heterocycles. The van der Waals surface area contributed by atoms with E-state index in [1.807, 2.05) is 0 Å². The van der Waals surface area contributed by atoms with Crippen LogP contribution in [0.5, 0.6) is 5.75 Å². The Hall–Kier alpha value is -3.15. The van der Waals surface area contributed by atoms with E-state index in [-0.39, 0.29) is 23.6 Å². The molecule has 3 rings (SSSR count). The van der Waals surface area contributed by atoms with E-state index in [0.29, 0.717) is 17.2 Å². The topological polar surface area (TPSA) is 67.4 Å². The smallest absolute Gasteiger partial charge is 0.251 e. The molecule has 28 heavy (non-hydrogen) atoms. The molecular formula is C22H23FN2O3. The van der Waals surface area contributed by atoms with Crippen molar-refractivity contribution in [3.63, 3.8) is 0 Å². The molecule has 0 spiro atoms. The van der Waals surface area contributed by atoms with Gasteiger partial charge in [-0.05, 0) is 61.2 Å². The van der Waals surface area contributed by atoms with Gasteiger partial charge in [-0.1, -0.05) is 18.2 Å². The molecule has 1 aliphatic rings. The molecule has 0 heterocycles. The van der Waals surface area contributed by atoms with Gasteiger partial charge in [-0.25, -0.2) is 4.39 Å². The van der Waals surface area contributed by atoms with Gasteiger partial charge in [-0.3, -0.25) is 9.59 Å². The van der Waals surface area contributed by atoms with Gasteiger partial charge >= 0.3 is 0 Å². The van der Waals surface area contributed by atoms with E-state index >= 15 is 0 Å². The number of ether oxygens (including phenoxy) is 1. The van der Waals surface area contributed by atoms with E-state index < -0.39 is 5.82 Å². The van der Waals surface area contributed by atoms with Gasteiger partial charge in [0.15, 0.2) is 11.6 Å². The van der Waals surface area contributed by atoms with Gasteiger partial charge in [0, 0.05) is 17.7 Å². The summed E-state index contributed by atoms with van der Waals surface area (Å²) in [5.74, 6) is -0.672. The highest BCUT2D eigenvalue weighted by atomic mass is 19.1. The number of halogens is 1. The fraction of sp³-hybridized carbons (Fsp3) is 0.273. The average Bonchev–Trinajstić information content (AvgIpc) is 3.50. The first kappa shape index (κ1) is 19.6. The molecule has 2 N–H and O–H groups in total. The Kier molecular flexibility index (Phi) is 6.09. The molecule has 5 nitrogen and oxygen atoms in total. The molecule has 2 aromatic carbocycles. The van der Waals surface area contributed by atoms with Crippen molar-refractivity contribution in [2.24, 2.45) is 0 Å². The van der Waals surface area contributed by atoms with Crippen LogP contribution in [0, 0.1) is 5.82 Å². The Bertz CT molecular complexity index is 889. The second-order valence-electron chi connectivity index (χ2n) is 6.83.